The molecule has 1 atom stereocenters. The molecule has 1 heterocycles. The van der Waals surface area contributed by atoms with Crippen molar-refractivity contribution in [3.63, 3.8) is 0 Å². The number of anilines is 1. The van der Waals surface area contributed by atoms with E-state index < -0.39 is 15.7 Å². The zero-order valence-corrected chi connectivity index (χ0v) is 24.7. The van der Waals surface area contributed by atoms with Crippen molar-refractivity contribution < 1.29 is 0 Å². The predicted molar refractivity (Wildman–Crippen MR) is 152 cm³/mol. The molecule has 0 amide bonds. The summed E-state index contributed by atoms with van der Waals surface area (Å²) in [7, 11) is 0. The van der Waals surface area contributed by atoms with Gasteiger partial charge >= 0.3 is 215 Å². The van der Waals surface area contributed by atoms with Crippen molar-refractivity contribution in [1.29, 1.82) is 0 Å². The second-order valence-electron chi connectivity index (χ2n) is 10.7. The molecule has 0 unspecified atom stereocenters. The number of allylic oxidation sites excluding steroid dienone is 1. The first-order valence-corrected chi connectivity index (χ1v) is 14.9. The van der Waals surface area contributed by atoms with E-state index in [9.17, 15) is 0 Å². The van der Waals surface area contributed by atoms with Crippen LogP contribution in [-0.4, -0.2) is 21.4 Å². The van der Waals surface area contributed by atoms with Crippen LogP contribution in [0, 0.1) is 5.92 Å². The van der Waals surface area contributed by atoms with E-state index in [0.717, 1.165) is 11.4 Å². The van der Waals surface area contributed by atoms with Crippen molar-refractivity contribution in [2.75, 3.05) is 3.86 Å². The second-order valence-corrected chi connectivity index (χ2v) is 12.9. The summed E-state index contributed by atoms with van der Waals surface area (Å²) in [5, 5.41) is 0. The molecule has 0 aliphatic carbocycles. The number of hydrogen-bond donors (Lipinski definition) is 0. The number of aliphatic imine (C=N–C) groups is 1. The fourth-order valence-corrected chi connectivity index (χ4v) is 7.14. The van der Waals surface area contributed by atoms with Crippen LogP contribution in [0.25, 0.3) is 0 Å². The Bertz CT molecular complexity index is 1040. The van der Waals surface area contributed by atoms with Gasteiger partial charge in [0.1, 0.15) is 0 Å². The molecule has 0 aromatic heterocycles. The number of para-hydroxylation sites is 2. The van der Waals surface area contributed by atoms with E-state index in [1.165, 1.54) is 33.6 Å². The van der Waals surface area contributed by atoms with E-state index in [2.05, 4.69) is 120 Å². The SMILES string of the molecule is C=C1[C@@H](C(C)=Nc2c(C(C)C)cccc2C(C)C)C=[CH][Ge][N]1c1c(C(C)C)cccc1C(C)C. The third-order valence-corrected chi connectivity index (χ3v) is 9.12. The molecule has 2 aromatic rings. The summed E-state index contributed by atoms with van der Waals surface area (Å²) in [5.41, 5.74) is 10.4. The van der Waals surface area contributed by atoms with Gasteiger partial charge in [0.05, 0.1) is 0 Å². The molecule has 0 bridgehead atoms. The molecule has 180 valence electrons. The van der Waals surface area contributed by atoms with Gasteiger partial charge in [-0.25, -0.2) is 0 Å². The van der Waals surface area contributed by atoms with Gasteiger partial charge in [-0.3, -0.25) is 0 Å². The Balaban J connectivity index is 2.08. The average molecular weight is 515 g/mol. The van der Waals surface area contributed by atoms with E-state index in [4.69, 9.17) is 4.99 Å². The van der Waals surface area contributed by atoms with Crippen LogP contribution < -0.4 is 3.86 Å². The minimum absolute atomic E-state index is 0.123. The molecule has 1 aliphatic heterocycles. The molecule has 0 saturated heterocycles. The van der Waals surface area contributed by atoms with E-state index in [1.54, 1.807) is 0 Å². The Labute approximate surface area is 215 Å². The predicted octanol–water partition coefficient (Wildman–Crippen LogP) is 9.06. The molecule has 34 heavy (non-hydrogen) atoms. The van der Waals surface area contributed by atoms with E-state index >= 15 is 0 Å². The monoisotopic (exact) mass is 516 g/mol. The van der Waals surface area contributed by atoms with Crippen molar-refractivity contribution in [3.05, 3.63) is 81.9 Å². The molecular formula is C31H42GeN2. The summed E-state index contributed by atoms with van der Waals surface area (Å²) in [4.78, 5) is 7.72. The first-order valence-electron chi connectivity index (χ1n) is 12.8. The maximum absolute atomic E-state index is 5.31. The van der Waals surface area contributed by atoms with Crippen LogP contribution in [-0.2, 0) is 0 Å². The number of rotatable bonds is 7. The van der Waals surface area contributed by atoms with Crippen LogP contribution in [0.1, 0.15) is 108 Å². The van der Waals surface area contributed by atoms with Gasteiger partial charge in [-0.1, -0.05) is 0 Å². The number of nitrogens with zero attached hydrogens (tertiary/aromatic N) is 2. The minimum atomic E-state index is -0.461. The third kappa shape index (κ3) is 5.43. The molecule has 0 spiro atoms. The molecule has 1 aliphatic rings. The Hall–Kier alpha value is -2.07. The molecule has 0 fully saturated rings. The van der Waals surface area contributed by atoms with E-state index in [-0.39, 0.29) is 5.92 Å². The van der Waals surface area contributed by atoms with Crippen molar-refractivity contribution in [2.24, 2.45) is 10.9 Å². The van der Waals surface area contributed by atoms with Gasteiger partial charge in [0.2, 0.25) is 0 Å². The second kappa shape index (κ2) is 11.1. The van der Waals surface area contributed by atoms with Crippen molar-refractivity contribution >= 4 is 32.7 Å². The van der Waals surface area contributed by atoms with Gasteiger partial charge in [-0.05, 0) is 0 Å². The Morgan fingerprint density at radius 3 is 1.68 bits per heavy atom. The summed E-state index contributed by atoms with van der Waals surface area (Å²) < 4.78 is 2.56. The van der Waals surface area contributed by atoms with E-state index in [0.29, 0.717) is 23.7 Å². The Morgan fingerprint density at radius 2 is 1.24 bits per heavy atom. The number of benzene rings is 2. The van der Waals surface area contributed by atoms with E-state index in [1.807, 2.05) is 0 Å². The molecule has 0 saturated carbocycles. The number of hydrogen-bond acceptors (Lipinski definition) is 2. The van der Waals surface area contributed by atoms with Crippen LogP contribution in [0.4, 0.5) is 11.4 Å². The summed E-state index contributed by atoms with van der Waals surface area (Å²) in [6, 6.07) is 13.5. The molecule has 3 rings (SSSR count). The van der Waals surface area contributed by atoms with Gasteiger partial charge in [0.15, 0.2) is 0 Å². The summed E-state index contributed by atoms with van der Waals surface area (Å²) in [6.45, 7) is 25.1. The summed E-state index contributed by atoms with van der Waals surface area (Å²) >= 11 is -0.461. The van der Waals surface area contributed by atoms with Crippen LogP contribution in [0.3, 0.4) is 0 Å². The molecule has 2 radical (unpaired) electrons. The normalized spacial score (nSPS) is 17.1. The quantitative estimate of drug-likeness (QED) is 0.265. The zero-order valence-electron chi connectivity index (χ0n) is 22.6. The van der Waals surface area contributed by atoms with Crippen LogP contribution >= 0.6 is 0 Å². The first-order chi connectivity index (χ1) is 16.0. The van der Waals surface area contributed by atoms with Crippen LogP contribution in [0.15, 0.2) is 64.7 Å². The van der Waals surface area contributed by atoms with Crippen LogP contribution in [0.5, 0.6) is 0 Å². The molecular weight excluding hydrogens is 473 g/mol. The van der Waals surface area contributed by atoms with Gasteiger partial charge in [0, 0.05) is 0 Å². The zero-order chi connectivity index (χ0) is 25.2. The molecule has 2 nitrogen and oxygen atoms in total. The first kappa shape index (κ1) is 26.5. The third-order valence-electron chi connectivity index (χ3n) is 6.79. The fourth-order valence-electron chi connectivity index (χ4n) is 4.79. The van der Waals surface area contributed by atoms with Crippen molar-refractivity contribution in [3.8, 4) is 0 Å². The average Bonchev–Trinajstić information content (AvgIpc) is 2.78. The van der Waals surface area contributed by atoms with Gasteiger partial charge < -0.3 is 0 Å². The van der Waals surface area contributed by atoms with Crippen molar-refractivity contribution in [2.45, 2.75) is 86.0 Å². The summed E-state index contributed by atoms with van der Waals surface area (Å²) in [5.74, 6) is 1.94. The van der Waals surface area contributed by atoms with Gasteiger partial charge in [-0.15, -0.1) is 0 Å². The summed E-state index contributed by atoms with van der Waals surface area (Å²) in [6.07, 6.45) is 2.34. The molecule has 2 aromatic carbocycles. The van der Waals surface area contributed by atoms with Gasteiger partial charge in [0.25, 0.3) is 0 Å². The Kier molecular flexibility index (Phi) is 8.68. The molecule has 0 N–H and O–H groups in total. The van der Waals surface area contributed by atoms with Gasteiger partial charge in [-0.2, -0.15) is 0 Å². The topological polar surface area (TPSA) is 15.6 Å². The maximum atomic E-state index is 5.31. The standard InChI is InChI=1S/C31H42GeN2/c1-19(2)25-13-11-14-26(20(3)4)30(25)33-23(9)29-17-18-32-34(24(29)10)31-27(21(5)6)15-12-16-28(31)22(7)8/h11-22,29H,10H2,1-9H3/t29-/m1/s1. The molecule has 3 heteroatoms. The van der Waals surface area contributed by atoms with Crippen LogP contribution in [0.2, 0.25) is 0 Å². The Morgan fingerprint density at radius 1 is 0.794 bits per heavy atom. The fraction of sp³-hybridized carbons (Fsp3) is 0.452. The van der Waals surface area contributed by atoms with Crippen molar-refractivity contribution in [1.82, 2.24) is 0 Å².